The summed E-state index contributed by atoms with van der Waals surface area (Å²) in [7, 11) is -4.69. The van der Waals surface area contributed by atoms with Gasteiger partial charge in [-0.25, -0.2) is 46.4 Å². The van der Waals surface area contributed by atoms with Crippen molar-refractivity contribution in [1.82, 2.24) is 30.6 Å². The molecule has 2 heterocycles. The highest BCUT2D eigenvalue weighted by Crippen LogP contribution is 2.47. The third kappa shape index (κ3) is 20.7. The molecule has 80 heavy (non-hydrogen) atoms. The number of Topliss-reactive ketones (excluding diaryl/α,β-unsaturated/α-hetero) is 1. The molecule has 2 aromatic carbocycles. The number of benzene rings is 2. The van der Waals surface area contributed by atoms with E-state index in [9.17, 15) is 62.4 Å². The molecule has 28 heteroatoms. The summed E-state index contributed by atoms with van der Waals surface area (Å²) >= 11 is 11.4. The van der Waals surface area contributed by atoms with E-state index in [1.165, 1.54) is 31.8 Å². The number of carbonyl (C=O) groups is 4. The van der Waals surface area contributed by atoms with Crippen LogP contribution in [0.5, 0.6) is 0 Å². The number of sulfone groups is 2. The van der Waals surface area contributed by atoms with Crippen molar-refractivity contribution >= 4 is 89.1 Å². The molecule has 2 aliphatic rings. The zero-order valence-electron chi connectivity index (χ0n) is 44.3. The number of unbranched alkanes of at least 4 members (excludes halogenated alkanes) is 2. The van der Waals surface area contributed by atoms with Crippen LogP contribution in [0, 0.1) is 10.8 Å². The number of halogens is 6. The highest BCUT2D eigenvalue weighted by molar-refractivity contribution is 7.90. The Kier molecular flexibility index (Phi) is 24.0. The fourth-order valence-corrected chi connectivity index (χ4v) is 11.1. The lowest BCUT2D eigenvalue weighted by atomic mass is 9.65. The molecule has 6 N–H and O–H groups in total. The van der Waals surface area contributed by atoms with Crippen LogP contribution in [-0.4, -0.2) is 119 Å². The molecule has 0 spiro atoms. The van der Waals surface area contributed by atoms with Gasteiger partial charge >= 0.3 is 24.3 Å². The van der Waals surface area contributed by atoms with E-state index >= 15 is 0 Å². The fourth-order valence-electron chi connectivity index (χ4n) is 8.78. The van der Waals surface area contributed by atoms with Crippen molar-refractivity contribution in [3.63, 3.8) is 0 Å². The second-order valence-electron chi connectivity index (χ2n) is 19.8. The number of carboxylic acid groups (broad SMARTS) is 1. The monoisotopic (exact) mass is 1200 g/mol. The van der Waals surface area contributed by atoms with E-state index in [0.717, 1.165) is 80.9 Å². The number of methoxy groups -OCH3 is 1. The number of amides is 1. The zero-order valence-corrected chi connectivity index (χ0v) is 47.6. The number of carboxylic acids is 1. The molecule has 2 unspecified atom stereocenters. The molecule has 6 rings (SSSR count). The summed E-state index contributed by atoms with van der Waals surface area (Å²) < 4.78 is 126. The molecule has 0 bridgehead atoms. The Morgan fingerprint density at radius 3 is 1.48 bits per heavy atom. The smallest absolute Gasteiger partial charge is 0.434 e. The van der Waals surface area contributed by atoms with Crippen molar-refractivity contribution in [1.29, 1.82) is 0 Å². The molecule has 4 aromatic rings. The predicted molar refractivity (Wildman–Crippen MR) is 295 cm³/mol. The number of anilines is 2. The van der Waals surface area contributed by atoms with Gasteiger partial charge in [0.2, 0.25) is 0 Å². The molecule has 18 nitrogen and oxygen atoms in total. The molecule has 0 radical (unpaired) electrons. The lowest BCUT2D eigenvalue weighted by Gasteiger charge is -2.43. The molecule has 2 aromatic heterocycles. The van der Waals surface area contributed by atoms with Gasteiger partial charge in [0.15, 0.2) is 17.2 Å². The van der Waals surface area contributed by atoms with E-state index in [1.54, 1.807) is 19.1 Å². The molecule has 2 saturated carbocycles. The van der Waals surface area contributed by atoms with E-state index in [1.807, 2.05) is 24.3 Å². The Hall–Kier alpha value is -6.26. The second kappa shape index (κ2) is 28.9. The minimum absolute atomic E-state index is 0.0562. The van der Waals surface area contributed by atoms with E-state index in [4.69, 9.17) is 40.0 Å². The van der Waals surface area contributed by atoms with Crippen molar-refractivity contribution in [3.05, 3.63) is 107 Å². The third-order valence-electron chi connectivity index (χ3n) is 13.5. The number of ether oxygens (including phenoxy) is 1. The molecule has 2 fully saturated rings. The number of carbonyl (C=O) groups excluding carboxylic acids is 3. The van der Waals surface area contributed by atoms with Crippen LogP contribution in [0.2, 0.25) is 0 Å². The Labute approximate surface area is 471 Å². The molecular formula is C52H64F6N8O10S4. The fraction of sp³-hybridized carbons (Fsp3) is 0.500. The number of rotatable bonds is 23. The lowest BCUT2D eigenvalue weighted by Crippen LogP contribution is -2.51. The van der Waals surface area contributed by atoms with Gasteiger partial charge in [0, 0.05) is 65.0 Å². The van der Waals surface area contributed by atoms with E-state index in [2.05, 4.69) is 35.9 Å². The normalized spacial score (nSPS) is 15.3. The number of nitrogens with one attached hydrogen (secondary N) is 3. The van der Waals surface area contributed by atoms with Crippen molar-refractivity contribution in [2.45, 2.75) is 121 Å². The van der Waals surface area contributed by atoms with Gasteiger partial charge in [-0.05, 0) is 100 Å². The number of thiocarbonyl (C=S) groups is 2. The van der Waals surface area contributed by atoms with Crippen LogP contribution in [-0.2, 0) is 59.2 Å². The Balaban J connectivity index is 0.000000294. The summed E-state index contributed by atoms with van der Waals surface area (Å²) in [5.74, 6) is -2.84. The zero-order chi connectivity index (χ0) is 59.7. The van der Waals surface area contributed by atoms with Crippen LogP contribution >= 0.6 is 24.4 Å². The van der Waals surface area contributed by atoms with Crippen molar-refractivity contribution in [2.75, 3.05) is 42.2 Å². The first kappa shape index (κ1) is 66.3. The highest BCUT2D eigenvalue weighted by Gasteiger charge is 2.43. The minimum atomic E-state index is -4.82. The summed E-state index contributed by atoms with van der Waals surface area (Å²) in [6.07, 6.45) is 6.60. The summed E-state index contributed by atoms with van der Waals surface area (Å²) in [5.41, 5.74) is 3.60. The van der Waals surface area contributed by atoms with Crippen molar-refractivity contribution in [3.8, 4) is 0 Å². The van der Waals surface area contributed by atoms with Gasteiger partial charge in [0.1, 0.15) is 43.9 Å². The van der Waals surface area contributed by atoms with Gasteiger partial charge in [-0.15, -0.1) is 0 Å². The van der Waals surface area contributed by atoms with Crippen LogP contribution in [0.1, 0.15) is 127 Å². The molecule has 0 aliphatic heterocycles. The van der Waals surface area contributed by atoms with Crippen LogP contribution in [0.15, 0.2) is 73.6 Å². The number of esters is 1. The van der Waals surface area contributed by atoms with Crippen molar-refractivity contribution in [2.24, 2.45) is 10.8 Å². The maximum absolute atomic E-state index is 13.2. The maximum Gasteiger partial charge on any atom is 0.434 e. The first-order chi connectivity index (χ1) is 37.3. The van der Waals surface area contributed by atoms with Gasteiger partial charge in [0.25, 0.3) is 5.91 Å². The van der Waals surface area contributed by atoms with Gasteiger partial charge in [-0.1, -0.05) is 74.4 Å². The molecule has 2 atom stereocenters. The number of hydrogen-bond donors (Lipinski definition) is 5. The summed E-state index contributed by atoms with van der Waals surface area (Å²) in [6, 6.07) is 12.7. The highest BCUT2D eigenvalue weighted by atomic mass is 32.2. The molecule has 2 aliphatic carbocycles. The quantitative estimate of drug-likeness (QED) is 0.0153. The maximum atomic E-state index is 13.2. The van der Waals surface area contributed by atoms with Crippen LogP contribution in [0.3, 0.4) is 0 Å². The van der Waals surface area contributed by atoms with Crippen LogP contribution in [0.4, 0.5) is 37.7 Å². The molecule has 438 valence electrons. The van der Waals surface area contributed by atoms with E-state index in [0.29, 0.717) is 54.4 Å². The van der Waals surface area contributed by atoms with Crippen LogP contribution in [0.25, 0.3) is 0 Å². The number of ketones is 1. The second-order valence-corrected chi connectivity index (χ2v) is 25.1. The Morgan fingerprint density at radius 2 is 1.10 bits per heavy atom. The van der Waals surface area contributed by atoms with Crippen LogP contribution < -0.4 is 21.7 Å². The van der Waals surface area contributed by atoms with Gasteiger partial charge in [0.05, 0.1) is 28.7 Å². The summed E-state index contributed by atoms with van der Waals surface area (Å²) in [5, 5.41) is 17.2. The SMILES string of the molecule is CC(=O)C(Cc1ccc(N)cc1)NC(=S)C1(CCCCS(C)(=O)=O)CCC1.COC(=O)C(Cc1ccc(NC(=O)c2cncnc2C(F)(F)F)cc1)NC(=S)C1(CCCCS(C)(=O)=O)CCC1.O=C(O)c1cncnc1C(F)(F)F. The standard InChI is InChI=1S/C26H31F3N4O5S2.C20H30N2O3S2.C6H3F3N2O2/c1-38-23(35)20(33-24(39)25(11-5-12-25)10-3-4-13-40(2,36)37)14-17-6-8-18(9-7-17)32-22(34)19-15-30-16-31-21(19)26(27,28)29;1-15(23)18(14-16-6-8-17(21)9-7-16)22-19(26)20(11-5-12-20)10-3-4-13-27(2,24)25;7-6(8,9)4-3(5(12)13)1-10-2-11-4/h6-9,15-16,20H,3-5,10-14H2,1-2H3,(H,32,34)(H,33,39);6-9,18H,3-5,10-14,21H2,1-2H3,(H,22,26);1-2H,(H,12,13). The first-order valence-corrected chi connectivity index (χ1v) is 30.0. The summed E-state index contributed by atoms with van der Waals surface area (Å²) in [4.78, 5) is 61.5. The largest absolute Gasteiger partial charge is 0.478 e. The Bertz CT molecular complexity index is 3030. The molecule has 1 amide bonds. The van der Waals surface area contributed by atoms with Gasteiger partial charge in [-0.3, -0.25) is 9.59 Å². The Morgan fingerprint density at radius 1 is 0.688 bits per heavy atom. The van der Waals surface area contributed by atoms with Crippen molar-refractivity contribution < 1.29 is 72.2 Å². The number of hydrogen-bond acceptors (Lipinski definition) is 16. The van der Waals surface area contributed by atoms with Gasteiger partial charge < -0.3 is 31.5 Å². The van der Waals surface area contributed by atoms with Gasteiger partial charge in [-0.2, -0.15) is 26.3 Å². The number of aromatic carboxylic acids is 1. The third-order valence-corrected chi connectivity index (χ3v) is 16.7. The van der Waals surface area contributed by atoms with E-state index in [-0.39, 0.29) is 46.3 Å². The average Bonchev–Trinajstić information content (AvgIpc) is 3.37. The predicted octanol–water partition coefficient (Wildman–Crippen LogP) is 8.40. The average molecular weight is 1200 g/mol. The minimum Gasteiger partial charge on any atom is -0.478 e. The lowest BCUT2D eigenvalue weighted by molar-refractivity contribution is -0.143. The summed E-state index contributed by atoms with van der Waals surface area (Å²) in [6.45, 7) is 1.58. The van der Waals surface area contributed by atoms with E-state index < -0.39 is 78.4 Å². The molecule has 0 saturated heterocycles. The first-order valence-electron chi connectivity index (χ1n) is 25.1. The number of nitrogens with zero attached hydrogens (tertiary/aromatic N) is 4. The number of nitrogen functional groups attached to an aromatic ring is 1. The number of aromatic nitrogens is 4. The topological polar surface area (TPSA) is 280 Å². The molecular weight excluding hydrogens is 1140 g/mol. The number of alkyl halides is 6. The number of nitrogens with two attached hydrogens (primary N) is 1.